The molecule has 5 atom stereocenters. The van der Waals surface area contributed by atoms with Crippen molar-refractivity contribution < 1.29 is 9.90 Å². The smallest absolute Gasteiger partial charge is 0.303 e. The minimum Gasteiger partial charge on any atom is -0.481 e. The monoisotopic (exact) mass is 301 g/mol. The van der Waals surface area contributed by atoms with Gasteiger partial charge >= 0.3 is 5.97 Å². The van der Waals surface area contributed by atoms with Crippen LogP contribution in [0.25, 0.3) is 0 Å². The number of rotatable bonds is 3. The lowest BCUT2D eigenvalue weighted by Gasteiger charge is -2.59. The number of fused-ring (bicyclic) bond motifs is 1. The van der Waals surface area contributed by atoms with Crippen LogP contribution < -0.4 is 5.73 Å². The van der Waals surface area contributed by atoms with Gasteiger partial charge in [-0.1, -0.05) is 42.3 Å². The first-order chi connectivity index (χ1) is 10.6. The highest BCUT2D eigenvalue weighted by atomic mass is 16.4. The first-order valence-corrected chi connectivity index (χ1v) is 8.50. The zero-order chi connectivity index (χ0) is 15.7. The summed E-state index contributed by atoms with van der Waals surface area (Å²) in [6, 6.07) is 10.3. The molecule has 0 saturated heterocycles. The highest BCUT2D eigenvalue weighted by molar-refractivity contribution is 5.68. The topological polar surface area (TPSA) is 63.3 Å². The Morgan fingerprint density at radius 2 is 1.95 bits per heavy atom. The molecule has 2 bridgehead atoms. The van der Waals surface area contributed by atoms with Gasteiger partial charge in [0.15, 0.2) is 0 Å². The van der Waals surface area contributed by atoms with E-state index in [0.29, 0.717) is 24.8 Å². The van der Waals surface area contributed by atoms with Crippen molar-refractivity contribution in [3.05, 3.63) is 35.9 Å². The lowest BCUT2D eigenvalue weighted by Crippen LogP contribution is -2.59. The largest absolute Gasteiger partial charge is 0.481 e. The Bertz CT molecular complexity index is 521. The van der Waals surface area contributed by atoms with Crippen LogP contribution in [-0.2, 0) is 4.79 Å². The Balaban J connectivity index is 0.000000174. The van der Waals surface area contributed by atoms with Crippen molar-refractivity contribution >= 4 is 5.97 Å². The molecular weight excluding hydrogens is 274 g/mol. The van der Waals surface area contributed by atoms with Crippen molar-refractivity contribution in [1.29, 1.82) is 0 Å². The molecule has 0 aliphatic heterocycles. The standard InChI is InChI=1S/C12H19NO2.C7H8/c13-6-12(5-11(14)15)9-2-1-7-3-8(9)10(12)4-7;1-7-5-3-2-4-6-7/h7-10H,1-6,13H2,(H,14,15);2-6H,1H3/t7-,8-,9+,10-,12-;/m0./s1. The summed E-state index contributed by atoms with van der Waals surface area (Å²) in [4.78, 5) is 11.0. The molecule has 22 heavy (non-hydrogen) atoms. The number of carboxylic acid groups (broad SMARTS) is 1. The Labute approximate surface area is 132 Å². The normalized spacial score (nSPS) is 37.7. The van der Waals surface area contributed by atoms with Gasteiger partial charge < -0.3 is 10.8 Å². The Morgan fingerprint density at radius 1 is 1.23 bits per heavy atom. The van der Waals surface area contributed by atoms with Crippen molar-refractivity contribution in [3.8, 4) is 0 Å². The van der Waals surface area contributed by atoms with Crippen LogP contribution in [0.15, 0.2) is 30.3 Å². The number of aryl methyl sites for hydroxylation is 1. The van der Waals surface area contributed by atoms with Gasteiger partial charge in [-0.2, -0.15) is 0 Å². The predicted molar refractivity (Wildman–Crippen MR) is 87.3 cm³/mol. The lowest BCUT2D eigenvalue weighted by atomic mass is 9.45. The molecule has 0 heterocycles. The zero-order valence-electron chi connectivity index (χ0n) is 13.4. The molecule has 0 unspecified atom stereocenters. The molecular formula is C19H27NO2. The van der Waals surface area contributed by atoms with Crippen LogP contribution in [-0.4, -0.2) is 17.6 Å². The van der Waals surface area contributed by atoms with Crippen LogP contribution in [0.3, 0.4) is 0 Å². The van der Waals surface area contributed by atoms with Crippen molar-refractivity contribution in [2.24, 2.45) is 34.8 Å². The van der Waals surface area contributed by atoms with Gasteiger partial charge in [-0.3, -0.25) is 4.79 Å². The fraction of sp³-hybridized carbons (Fsp3) is 0.632. The molecule has 0 amide bonds. The summed E-state index contributed by atoms with van der Waals surface area (Å²) in [5.74, 6) is 2.32. The molecule has 3 N–H and O–H groups in total. The number of benzene rings is 1. The van der Waals surface area contributed by atoms with Gasteiger partial charge in [0.25, 0.3) is 0 Å². The molecule has 1 aromatic carbocycles. The maximum absolute atomic E-state index is 11.0. The third kappa shape index (κ3) is 2.56. The number of nitrogens with two attached hydrogens (primary N) is 1. The Hall–Kier alpha value is -1.35. The zero-order valence-corrected chi connectivity index (χ0v) is 13.4. The van der Waals surface area contributed by atoms with E-state index in [-0.39, 0.29) is 5.41 Å². The molecule has 120 valence electrons. The molecule has 3 aliphatic carbocycles. The summed E-state index contributed by atoms with van der Waals surface area (Å²) >= 11 is 0. The molecule has 0 spiro atoms. The summed E-state index contributed by atoms with van der Waals surface area (Å²) in [6.45, 7) is 2.66. The SMILES string of the molecule is Cc1ccccc1.NC[C@@]1(CC(=O)O)[C@@H]2CC[C@H]3C[C@@H]2[C@@H]1C3. The van der Waals surface area contributed by atoms with E-state index in [9.17, 15) is 4.79 Å². The molecule has 4 rings (SSSR count). The van der Waals surface area contributed by atoms with Crippen molar-refractivity contribution in [2.45, 2.75) is 39.0 Å². The van der Waals surface area contributed by atoms with Gasteiger partial charge in [-0.15, -0.1) is 0 Å². The van der Waals surface area contributed by atoms with Crippen LogP contribution in [0.1, 0.15) is 37.7 Å². The number of carboxylic acids is 1. The fourth-order valence-corrected chi connectivity index (χ4v) is 5.47. The third-order valence-corrected chi connectivity index (χ3v) is 6.39. The van der Waals surface area contributed by atoms with E-state index >= 15 is 0 Å². The second-order valence-electron chi connectivity index (χ2n) is 7.45. The van der Waals surface area contributed by atoms with E-state index < -0.39 is 5.97 Å². The average Bonchev–Trinajstić information content (AvgIpc) is 2.69. The Kier molecular flexibility index (Phi) is 4.26. The molecule has 0 aromatic heterocycles. The summed E-state index contributed by atoms with van der Waals surface area (Å²) < 4.78 is 0. The van der Waals surface area contributed by atoms with Crippen LogP contribution in [0.5, 0.6) is 0 Å². The van der Waals surface area contributed by atoms with E-state index in [1.165, 1.54) is 31.2 Å². The molecule has 1 aromatic rings. The number of hydrogen-bond acceptors (Lipinski definition) is 2. The molecule has 3 fully saturated rings. The second-order valence-corrected chi connectivity index (χ2v) is 7.45. The first-order valence-electron chi connectivity index (χ1n) is 8.50. The molecule has 3 aliphatic rings. The van der Waals surface area contributed by atoms with E-state index in [2.05, 4.69) is 19.1 Å². The van der Waals surface area contributed by atoms with Crippen LogP contribution >= 0.6 is 0 Å². The van der Waals surface area contributed by atoms with Gasteiger partial charge in [-0.05, 0) is 61.8 Å². The van der Waals surface area contributed by atoms with Gasteiger partial charge in [0, 0.05) is 0 Å². The summed E-state index contributed by atoms with van der Waals surface area (Å²) in [5.41, 5.74) is 7.19. The summed E-state index contributed by atoms with van der Waals surface area (Å²) in [6.07, 6.45) is 5.47. The number of aliphatic carboxylic acids is 1. The van der Waals surface area contributed by atoms with E-state index in [1.807, 2.05) is 18.2 Å². The maximum atomic E-state index is 11.0. The fourth-order valence-electron chi connectivity index (χ4n) is 5.47. The third-order valence-electron chi connectivity index (χ3n) is 6.39. The van der Waals surface area contributed by atoms with Crippen molar-refractivity contribution in [1.82, 2.24) is 0 Å². The molecule has 0 radical (unpaired) electrons. The van der Waals surface area contributed by atoms with Gasteiger partial charge in [-0.25, -0.2) is 0 Å². The van der Waals surface area contributed by atoms with Gasteiger partial charge in [0.1, 0.15) is 0 Å². The number of carbonyl (C=O) groups is 1. The second kappa shape index (κ2) is 6.04. The number of hydrogen-bond donors (Lipinski definition) is 2. The minimum atomic E-state index is -0.658. The molecule has 3 heteroatoms. The molecule has 3 nitrogen and oxygen atoms in total. The van der Waals surface area contributed by atoms with E-state index in [0.717, 1.165) is 11.8 Å². The molecule has 3 saturated carbocycles. The summed E-state index contributed by atoms with van der Waals surface area (Å²) in [5, 5.41) is 9.04. The first kappa shape index (κ1) is 15.5. The van der Waals surface area contributed by atoms with Gasteiger partial charge in [0.05, 0.1) is 6.42 Å². The Morgan fingerprint density at radius 3 is 2.50 bits per heavy atom. The lowest BCUT2D eigenvalue weighted by molar-refractivity contribution is -0.156. The quantitative estimate of drug-likeness (QED) is 0.898. The predicted octanol–water partition coefficient (Wildman–Crippen LogP) is 3.47. The van der Waals surface area contributed by atoms with Crippen LogP contribution in [0, 0.1) is 36.0 Å². The summed E-state index contributed by atoms with van der Waals surface area (Å²) in [7, 11) is 0. The van der Waals surface area contributed by atoms with E-state index in [1.54, 1.807) is 0 Å². The van der Waals surface area contributed by atoms with Crippen LogP contribution in [0.2, 0.25) is 0 Å². The average molecular weight is 301 g/mol. The van der Waals surface area contributed by atoms with E-state index in [4.69, 9.17) is 10.8 Å². The van der Waals surface area contributed by atoms with Gasteiger partial charge in [0.2, 0.25) is 0 Å². The maximum Gasteiger partial charge on any atom is 0.303 e. The van der Waals surface area contributed by atoms with Crippen LogP contribution in [0.4, 0.5) is 0 Å². The minimum absolute atomic E-state index is 0.0260. The van der Waals surface area contributed by atoms with Crippen molar-refractivity contribution in [2.75, 3.05) is 6.54 Å². The highest BCUT2D eigenvalue weighted by Crippen LogP contribution is 2.70. The highest BCUT2D eigenvalue weighted by Gasteiger charge is 2.65. The van der Waals surface area contributed by atoms with Crippen molar-refractivity contribution in [3.63, 3.8) is 0 Å².